The summed E-state index contributed by atoms with van der Waals surface area (Å²) in [6, 6.07) is -1.40. The van der Waals surface area contributed by atoms with Crippen LogP contribution in [0.1, 0.15) is 123 Å². The lowest BCUT2D eigenvalue weighted by Crippen LogP contribution is -2.47. The zero-order valence-electron chi connectivity index (χ0n) is 34.1. The van der Waals surface area contributed by atoms with Crippen molar-refractivity contribution in [3.05, 3.63) is 122 Å². The third kappa shape index (κ3) is 36.2. The molecule has 2 unspecified atom stereocenters. The topological polar surface area (TPSA) is 142 Å². The van der Waals surface area contributed by atoms with Gasteiger partial charge in [-0.3, -0.25) is 14.4 Å². The van der Waals surface area contributed by atoms with E-state index in [0.717, 1.165) is 89.9 Å². The van der Waals surface area contributed by atoms with Crippen LogP contribution in [0.5, 0.6) is 0 Å². The molecule has 2 atom stereocenters. The highest BCUT2D eigenvalue weighted by atomic mass is 16.5. The Morgan fingerprint density at radius 3 is 1.50 bits per heavy atom. The number of carboxylic acid groups (broad SMARTS) is 1. The minimum atomic E-state index is -1.40. The van der Waals surface area contributed by atoms with Gasteiger partial charge in [0.15, 0.2) is 0 Å². The molecule has 9 nitrogen and oxygen atoms in total. The summed E-state index contributed by atoms with van der Waals surface area (Å²) < 4.78 is 5.73. The fourth-order valence-corrected chi connectivity index (χ4v) is 4.84. The number of unbranched alkanes of at least 4 members (excludes halogenated alkanes) is 4. The largest absolute Gasteiger partial charge is 0.480 e. The van der Waals surface area contributed by atoms with Crippen molar-refractivity contribution in [2.45, 2.75) is 135 Å². The van der Waals surface area contributed by atoms with Crippen molar-refractivity contribution in [2.24, 2.45) is 0 Å². The van der Waals surface area contributed by atoms with Gasteiger partial charge in [0.25, 0.3) is 0 Å². The maximum Gasteiger partial charge on any atom is 0.328 e. The molecule has 2 amide bonds. The molecule has 0 aromatic rings. The van der Waals surface area contributed by atoms with Crippen LogP contribution < -0.4 is 10.6 Å². The summed E-state index contributed by atoms with van der Waals surface area (Å²) in [5.74, 6) is -2.56. The number of allylic oxidation sites excluding steroid dienone is 18. The normalized spacial score (nSPS) is 13.8. The van der Waals surface area contributed by atoms with Crippen LogP contribution in [0, 0.1) is 0 Å². The van der Waals surface area contributed by atoms with Crippen LogP contribution in [-0.2, 0) is 23.9 Å². The van der Waals surface area contributed by atoms with Gasteiger partial charge in [0.05, 0.1) is 13.2 Å². The minimum absolute atomic E-state index is 0.228. The number of rotatable bonds is 34. The highest BCUT2D eigenvalue weighted by molar-refractivity contribution is 5.87. The highest BCUT2D eigenvalue weighted by Crippen LogP contribution is 2.09. The summed E-state index contributed by atoms with van der Waals surface area (Å²) in [6.45, 7) is 3.15. The van der Waals surface area contributed by atoms with Crippen molar-refractivity contribution in [3.63, 3.8) is 0 Å². The Bertz CT molecular complexity index is 1350. The van der Waals surface area contributed by atoms with Crippen LogP contribution in [0.3, 0.4) is 0 Å². The lowest BCUT2D eigenvalue weighted by molar-refractivity contribution is -0.145. The third-order valence-electron chi connectivity index (χ3n) is 7.92. The zero-order chi connectivity index (χ0) is 41.2. The summed E-state index contributed by atoms with van der Waals surface area (Å²) in [6.07, 6.45) is 55.8. The van der Waals surface area contributed by atoms with Gasteiger partial charge < -0.3 is 25.6 Å². The molecule has 0 saturated carbocycles. The molecule has 0 bridgehead atoms. The lowest BCUT2D eigenvalue weighted by Gasteiger charge is -2.12. The molecule has 4 N–H and O–H groups in total. The molecule has 310 valence electrons. The molecule has 0 fully saturated rings. The number of amides is 2. The Hall–Kier alpha value is -4.76. The van der Waals surface area contributed by atoms with Crippen molar-refractivity contribution in [1.82, 2.24) is 10.6 Å². The monoisotopic (exact) mass is 775 g/mol. The number of esters is 1. The van der Waals surface area contributed by atoms with E-state index in [-0.39, 0.29) is 24.8 Å². The lowest BCUT2D eigenvalue weighted by atomic mass is 10.1. The second-order valence-corrected chi connectivity index (χ2v) is 13.0. The van der Waals surface area contributed by atoms with Crippen molar-refractivity contribution < 1.29 is 34.1 Å². The van der Waals surface area contributed by atoms with E-state index < -0.39 is 30.6 Å². The van der Waals surface area contributed by atoms with Crippen LogP contribution in [0.25, 0.3) is 0 Å². The zero-order valence-corrected chi connectivity index (χ0v) is 34.1. The molecule has 0 heterocycles. The predicted octanol–water partition coefficient (Wildman–Crippen LogP) is 9.81. The maximum atomic E-state index is 12.6. The molecule has 0 aliphatic carbocycles. The molecule has 9 heteroatoms. The van der Waals surface area contributed by atoms with E-state index in [1.54, 1.807) is 0 Å². The first kappa shape index (κ1) is 51.2. The molecule has 0 aromatic heterocycles. The van der Waals surface area contributed by atoms with E-state index >= 15 is 0 Å². The van der Waals surface area contributed by atoms with E-state index in [1.807, 2.05) is 24.3 Å². The second-order valence-electron chi connectivity index (χ2n) is 13.0. The molecular formula is C47H70N2O7. The molecule has 0 radical (unpaired) electrons. The molecule has 0 aliphatic rings. The SMILES string of the molecule is CC/C=C\C/C=C\C/C=C\C/C=C\C/C=C\C/C=C\C/C=C\CCCC(=O)OC(/C=C\C/C=C\CC)/C=C\CCCCCC(=O)NCC(=O)NC(CO)C(=O)O. The molecule has 0 aromatic carbocycles. The number of aliphatic hydroxyl groups is 1. The van der Waals surface area contributed by atoms with E-state index in [9.17, 15) is 19.2 Å². The quantitative estimate of drug-likeness (QED) is 0.0290. The molecule has 0 rings (SSSR count). The van der Waals surface area contributed by atoms with Crippen LogP contribution in [0.2, 0.25) is 0 Å². The average molecular weight is 775 g/mol. The summed E-state index contributed by atoms with van der Waals surface area (Å²) in [5, 5.41) is 22.4. The van der Waals surface area contributed by atoms with Crippen molar-refractivity contribution >= 4 is 23.8 Å². The first-order valence-corrected chi connectivity index (χ1v) is 20.5. The Labute approximate surface area is 337 Å². The first-order valence-electron chi connectivity index (χ1n) is 20.5. The Kier molecular flexibility index (Phi) is 36.5. The smallest absolute Gasteiger partial charge is 0.328 e. The van der Waals surface area contributed by atoms with E-state index in [0.29, 0.717) is 12.8 Å². The number of nitrogens with one attached hydrogen (secondary N) is 2. The number of carbonyl (C=O) groups is 4. The predicted molar refractivity (Wildman–Crippen MR) is 231 cm³/mol. The first-order chi connectivity index (χ1) is 27.3. The molecule has 0 aliphatic heterocycles. The van der Waals surface area contributed by atoms with Gasteiger partial charge in [0.1, 0.15) is 12.1 Å². The maximum absolute atomic E-state index is 12.6. The standard InChI is InChI=1S/C47H70N2O7/c1-3-5-7-9-10-11-12-13-14-15-16-17-18-19-20-21-22-23-24-25-26-31-35-39-46(53)56-42(36-32-28-8-6-4-2)37-33-29-27-30-34-38-44(51)48-40-45(52)49-43(41-50)47(54)55/h5-8,10-11,13-14,16-17,19-20,22-23,25-26,32-33,36-37,42-43,50H,3-4,9,12,15,18,21,24,27-31,34-35,38-41H2,1-2H3,(H,48,51)(H,49,52)(H,54,55)/b7-5-,8-6-,11-10-,14-13-,17-16-,20-19-,23-22-,26-25-,36-32-,37-33-. The number of hydrogen-bond donors (Lipinski definition) is 4. The van der Waals surface area contributed by atoms with Crippen molar-refractivity contribution in [2.75, 3.05) is 13.2 Å². The van der Waals surface area contributed by atoms with Crippen LogP contribution in [-0.4, -0.2) is 59.3 Å². The number of aliphatic hydroxyl groups excluding tert-OH is 1. The number of hydrogen-bond acceptors (Lipinski definition) is 6. The van der Waals surface area contributed by atoms with E-state index in [1.165, 1.54) is 0 Å². The van der Waals surface area contributed by atoms with Gasteiger partial charge in [-0.05, 0) is 102 Å². The summed E-state index contributed by atoms with van der Waals surface area (Å²) >= 11 is 0. The highest BCUT2D eigenvalue weighted by Gasteiger charge is 2.18. The number of aliphatic carboxylic acids is 1. The van der Waals surface area contributed by atoms with Gasteiger partial charge in [-0.25, -0.2) is 4.79 Å². The van der Waals surface area contributed by atoms with Crippen LogP contribution >= 0.6 is 0 Å². The molecule has 0 spiro atoms. The Balaban J connectivity index is 4.28. The molecular weight excluding hydrogens is 705 g/mol. The van der Waals surface area contributed by atoms with Crippen LogP contribution in [0.15, 0.2) is 122 Å². The summed E-state index contributed by atoms with van der Waals surface area (Å²) in [5.41, 5.74) is 0. The van der Waals surface area contributed by atoms with Gasteiger partial charge >= 0.3 is 11.9 Å². The van der Waals surface area contributed by atoms with Gasteiger partial charge in [-0.15, -0.1) is 0 Å². The van der Waals surface area contributed by atoms with Crippen molar-refractivity contribution in [3.8, 4) is 0 Å². The fraction of sp³-hybridized carbons (Fsp3) is 0.489. The van der Waals surface area contributed by atoms with Gasteiger partial charge in [0.2, 0.25) is 11.8 Å². The second kappa shape index (κ2) is 39.9. The Morgan fingerprint density at radius 1 is 0.536 bits per heavy atom. The summed E-state index contributed by atoms with van der Waals surface area (Å²) in [7, 11) is 0. The molecule has 0 saturated heterocycles. The van der Waals surface area contributed by atoms with E-state index in [4.69, 9.17) is 14.9 Å². The van der Waals surface area contributed by atoms with Crippen molar-refractivity contribution in [1.29, 1.82) is 0 Å². The van der Waals surface area contributed by atoms with Gasteiger partial charge in [-0.2, -0.15) is 0 Å². The van der Waals surface area contributed by atoms with E-state index in [2.05, 4.69) is 122 Å². The average Bonchev–Trinajstić information content (AvgIpc) is 3.18. The number of carbonyl (C=O) groups excluding carboxylic acids is 3. The summed E-state index contributed by atoms with van der Waals surface area (Å²) in [4.78, 5) is 47.2. The molecule has 56 heavy (non-hydrogen) atoms. The Morgan fingerprint density at radius 2 is 1.00 bits per heavy atom. The van der Waals surface area contributed by atoms with Gasteiger partial charge in [0, 0.05) is 12.8 Å². The van der Waals surface area contributed by atoms with Crippen LogP contribution in [0.4, 0.5) is 0 Å². The number of ether oxygens (including phenoxy) is 1. The fourth-order valence-electron chi connectivity index (χ4n) is 4.84. The minimum Gasteiger partial charge on any atom is -0.480 e. The third-order valence-corrected chi connectivity index (χ3v) is 7.92. The number of carboxylic acids is 1. The van der Waals surface area contributed by atoms with Gasteiger partial charge in [-0.1, -0.05) is 130 Å².